The van der Waals surface area contributed by atoms with E-state index in [9.17, 15) is 13.2 Å². The maximum Gasteiger partial charge on any atom is 0.262 e. The van der Waals surface area contributed by atoms with Gasteiger partial charge in [0.25, 0.3) is 15.9 Å². The molecule has 0 fully saturated rings. The van der Waals surface area contributed by atoms with Crippen LogP contribution in [0.2, 0.25) is 0 Å². The predicted molar refractivity (Wildman–Crippen MR) is 122 cm³/mol. The van der Waals surface area contributed by atoms with Gasteiger partial charge in [0, 0.05) is 11.1 Å². The van der Waals surface area contributed by atoms with Gasteiger partial charge in [0.05, 0.1) is 23.7 Å². The summed E-state index contributed by atoms with van der Waals surface area (Å²) in [7, 11) is -2.29. The van der Waals surface area contributed by atoms with E-state index in [1.54, 1.807) is 38.3 Å². The van der Waals surface area contributed by atoms with Crippen molar-refractivity contribution in [1.29, 1.82) is 0 Å². The Morgan fingerprint density at radius 3 is 2.32 bits per heavy atom. The highest BCUT2D eigenvalue weighted by Crippen LogP contribution is 2.26. The number of nitrogens with one attached hydrogen (secondary N) is 2. The maximum atomic E-state index is 13.0. The maximum absolute atomic E-state index is 13.0. The molecule has 0 bridgehead atoms. The van der Waals surface area contributed by atoms with Gasteiger partial charge >= 0.3 is 0 Å². The minimum atomic E-state index is -3.86. The van der Waals surface area contributed by atoms with Crippen molar-refractivity contribution in [3.8, 4) is 5.75 Å². The van der Waals surface area contributed by atoms with Crippen LogP contribution in [0.5, 0.6) is 5.75 Å². The summed E-state index contributed by atoms with van der Waals surface area (Å²) in [4.78, 5) is 12.9. The second kappa shape index (κ2) is 9.22. The highest BCUT2D eigenvalue weighted by molar-refractivity contribution is 7.92. The SMILES string of the molecule is COc1ccccc1C(C)NC(=O)c1ccc(C)c(S(=O)(=O)Nc2ccccc2C)c1. The molecule has 0 saturated carbocycles. The van der Waals surface area contributed by atoms with E-state index in [2.05, 4.69) is 10.0 Å². The fraction of sp³-hybridized carbons (Fsp3) is 0.208. The number of benzene rings is 3. The number of para-hydroxylation sites is 2. The average molecular weight is 439 g/mol. The molecule has 1 atom stereocenters. The van der Waals surface area contributed by atoms with Crippen molar-refractivity contribution < 1.29 is 17.9 Å². The van der Waals surface area contributed by atoms with Crippen molar-refractivity contribution in [3.63, 3.8) is 0 Å². The zero-order valence-electron chi connectivity index (χ0n) is 18.0. The molecule has 2 N–H and O–H groups in total. The molecule has 162 valence electrons. The Morgan fingerprint density at radius 1 is 0.935 bits per heavy atom. The Kier molecular flexibility index (Phi) is 6.65. The van der Waals surface area contributed by atoms with Crippen molar-refractivity contribution in [2.24, 2.45) is 0 Å². The lowest BCUT2D eigenvalue weighted by atomic mass is 10.1. The van der Waals surface area contributed by atoms with Crippen LogP contribution in [-0.2, 0) is 10.0 Å². The minimum Gasteiger partial charge on any atom is -0.496 e. The summed E-state index contributed by atoms with van der Waals surface area (Å²) in [5.74, 6) is 0.302. The molecule has 0 aliphatic carbocycles. The summed E-state index contributed by atoms with van der Waals surface area (Å²) in [5.41, 5.74) is 2.96. The van der Waals surface area contributed by atoms with Crippen LogP contribution in [0.15, 0.2) is 71.6 Å². The van der Waals surface area contributed by atoms with Gasteiger partial charge in [-0.3, -0.25) is 9.52 Å². The molecule has 0 radical (unpaired) electrons. The summed E-state index contributed by atoms with van der Waals surface area (Å²) < 4.78 is 34.0. The Balaban J connectivity index is 1.86. The third kappa shape index (κ3) is 5.06. The van der Waals surface area contributed by atoms with Gasteiger partial charge in [-0.1, -0.05) is 42.5 Å². The second-order valence-corrected chi connectivity index (χ2v) is 8.99. The molecular formula is C24H26N2O4S. The van der Waals surface area contributed by atoms with Gasteiger partial charge in [0.15, 0.2) is 0 Å². The predicted octanol–water partition coefficient (Wildman–Crippen LogP) is 4.60. The molecule has 1 amide bonds. The van der Waals surface area contributed by atoms with E-state index >= 15 is 0 Å². The number of methoxy groups -OCH3 is 1. The van der Waals surface area contributed by atoms with Gasteiger partial charge in [-0.05, 0) is 56.2 Å². The van der Waals surface area contributed by atoms with Crippen LogP contribution in [0, 0.1) is 13.8 Å². The smallest absolute Gasteiger partial charge is 0.262 e. The molecular weight excluding hydrogens is 412 g/mol. The van der Waals surface area contributed by atoms with E-state index in [0.717, 1.165) is 11.1 Å². The van der Waals surface area contributed by atoms with E-state index < -0.39 is 10.0 Å². The topological polar surface area (TPSA) is 84.5 Å². The molecule has 0 saturated heterocycles. The molecule has 31 heavy (non-hydrogen) atoms. The van der Waals surface area contributed by atoms with Crippen LogP contribution < -0.4 is 14.8 Å². The van der Waals surface area contributed by atoms with Crippen molar-refractivity contribution in [3.05, 3.63) is 89.0 Å². The molecule has 1 unspecified atom stereocenters. The largest absolute Gasteiger partial charge is 0.496 e. The third-order valence-corrected chi connectivity index (χ3v) is 6.59. The standard InChI is InChI=1S/C24H26N2O4S/c1-16-9-5-7-11-21(16)26-31(28,29)23-15-19(14-13-17(23)2)24(27)25-18(3)20-10-6-8-12-22(20)30-4/h5-15,18,26H,1-4H3,(H,25,27). The Morgan fingerprint density at radius 2 is 1.61 bits per heavy atom. The fourth-order valence-corrected chi connectivity index (χ4v) is 4.70. The lowest BCUT2D eigenvalue weighted by Crippen LogP contribution is -2.27. The van der Waals surface area contributed by atoms with Crippen LogP contribution in [0.25, 0.3) is 0 Å². The normalized spacial score (nSPS) is 12.1. The third-order valence-electron chi connectivity index (χ3n) is 5.08. The minimum absolute atomic E-state index is 0.0633. The molecule has 3 aromatic rings. The van der Waals surface area contributed by atoms with E-state index in [0.29, 0.717) is 17.0 Å². The number of carbonyl (C=O) groups is 1. The lowest BCUT2D eigenvalue weighted by Gasteiger charge is -2.18. The van der Waals surface area contributed by atoms with Gasteiger partial charge in [-0.2, -0.15) is 0 Å². The highest BCUT2D eigenvalue weighted by atomic mass is 32.2. The van der Waals surface area contributed by atoms with E-state index in [1.165, 1.54) is 6.07 Å². The first-order valence-electron chi connectivity index (χ1n) is 9.86. The van der Waals surface area contributed by atoms with Crippen LogP contribution in [-0.4, -0.2) is 21.4 Å². The molecule has 0 aliphatic heterocycles. The van der Waals surface area contributed by atoms with Crippen molar-refractivity contribution in [2.45, 2.75) is 31.7 Å². The Hall–Kier alpha value is -3.32. The van der Waals surface area contributed by atoms with Gasteiger partial charge in [-0.25, -0.2) is 8.42 Å². The zero-order chi connectivity index (χ0) is 22.6. The fourth-order valence-electron chi connectivity index (χ4n) is 3.30. The molecule has 0 aliphatic rings. The van der Waals surface area contributed by atoms with Crippen molar-refractivity contribution >= 4 is 21.6 Å². The summed E-state index contributed by atoms with van der Waals surface area (Å²) in [6, 6.07) is 18.9. The monoisotopic (exact) mass is 438 g/mol. The summed E-state index contributed by atoms with van der Waals surface area (Å²) >= 11 is 0. The number of amides is 1. The summed E-state index contributed by atoms with van der Waals surface area (Å²) in [6.45, 7) is 5.38. The van der Waals surface area contributed by atoms with Crippen LogP contribution in [0.3, 0.4) is 0 Å². The molecule has 3 rings (SSSR count). The molecule has 3 aromatic carbocycles. The van der Waals surface area contributed by atoms with Gasteiger partial charge in [0.1, 0.15) is 5.75 Å². The number of hydrogen-bond acceptors (Lipinski definition) is 4. The zero-order valence-corrected chi connectivity index (χ0v) is 18.8. The number of aryl methyl sites for hydroxylation is 2. The van der Waals surface area contributed by atoms with Crippen molar-refractivity contribution in [1.82, 2.24) is 5.32 Å². The first-order chi connectivity index (χ1) is 14.7. The quantitative estimate of drug-likeness (QED) is 0.564. The number of hydrogen-bond donors (Lipinski definition) is 2. The van der Waals surface area contributed by atoms with Gasteiger partial charge < -0.3 is 10.1 Å². The van der Waals surface area contributed by atoms with E-state index in [4.69, 9.17) is 4.74 Å². The summed E-state index contributed by atoms with van der Waals surface area (Å²) in [5, 5.41) is 2.91. The summed E-state index contributed by atoms with van der Waals surface area (Å²) in [6.07, 6.45) is 0. The van der Waals surface area contributed by atoms with E-state index in [1.807, 2.05) is 50.2 Å². The Bertz CT molecular complexity index is 1210. The second-order valence-electron chi connectivity index (χ2n) is 7.34. The number of ether oxygens (including phenoxy) is 1. The van der Waals surface area contributed by atoms with Crippen LogP contribution in [0.1, 0.15) is 40.0 Å². The lowest BCUT2D eigenvalue weighted by molar-refractivity contribution is 0.0939. The number of anilines is 1. The number of rotatable bonds is 7. The molecule has 0 spiro atoms. The molecule has 6 nitrogen and oxygen atoms in total. The van der Waals surface area contributed by atoms with Crippen molar-refractivity contribution in [2.75, 3.05) is 11.8 Å². The van der Waals surface area contributed by atoms with Gasteiger partial charge in [0.2, 0.25) is 0 Å². The Labute approximate surface area is 183 Å². The molecule has 7 heteroatoms. The van der Waals surface area contributed by atoms with Crippen LogP contribution in [0.4, 0.5) is 5.69 Å². The number of sulfonamides is 1. The van der Waals surface area contributed by atoms with Crippen LogP contribution >= 0.6 is 0 Å². The molecule has 0 aromatic heterocycles. The average Bonchev–Trinajstić information content (AvgIpc) is 2.75. The highest BCUT2D eigenvalue weighted by Gasteiger charge is 2.21. The molecule has 0 heterocycles. The number of carbonyl (C=O) groups excluding carboxylic acids is 1. The first kappa shape index (κ1) is 22.4. The van der Waals surface area contributed by atoms with Gasteiger partial charge in [-0.15, -0.1) is 0 Å². The van der Waals surface area contributed by atoms with E-state index in [-0.39, 0.29) is 22.4 Å². The first-order valence-corrected chi connectivity index (χ1v) is 11.3.